The molecule has 126 valence electrons. The van der Waals surface area contributed by atoms with Gasteiger partial charge in [-0.15, -0.1) is 10.2 Å². The number of aromatic nitrogens is 4. The van der Waals surface area contributed by atoms with E-state index >= 15 is 0 Å². The number of likely N-dealkylation sites (tertiary alicyclic amines) is 1. The Bertz CT molecular complexity index is 833. The molecule has 0 bridgehead atoms. The molecule has 1 atom stereocenters. The van der Waals surface area contributed by atoms with Gasteiger partial charge in [0.1, 0.15) is 0 Å². The standard InChI is InChI=1S/C17H21N5O2/c1-11-16(12(2)21(3)20-11)13-6-4-8-22(13)10-15-18-19-17(24-15)14-7-5-9-23-14/h5,7,9,13H,4,6,8,10H2,1-3H3/t13-/m1/s1. The quantitative estimate of drug-likeness (QED) is 0.733. The second kappa shape index (κ2) is 5.90. The van der Waals surface area contributed by atoms with E-state index in [0.29, 0.717) is 30.1 Å². The molecular weight excluding hydrogens is 306 g/mol. The van der Waals surface area contributed by atoms with Crippen molar-refractivity contribution in [3.8, 4) is 11.7 Å². The maximum Gasteiger partial charge on any atom is 0.283 e. The molecule has 0 radical (unpaired) electrons. The lowest BCUT2D eigenvalue weighted by atomic mass is 10.0. The van der Waals surface area contributed by atoms with Crippen LogP contribution in [0.5, 0.6) is 0 Å². The van der Waals surface area contributed by atoms with Gasteiger partial charge in [-0.2, -0.15) is 5.10 Å². The molecule has 7 heteroatoms. The van der Waals surface area contributed by atoms with E-state index in [1.807, 2.05) is 23.9 Å². The Balaban J connectivity index is 1.56. The highest BCUT2D eigenvalue weighted by atomic mass is 16.4. The van der Waals surface area contributed by atoms with Crippen molar-refractivity contribution in [2.45, 2.75) is 39.3 Å². The number of rotatable bonds is 4. The minimum absolute atomic E-state index is 0.359. The van der Waals surface area contributed by atoms with Crippen molar-refractivity contribution in [2.24, 2.45) is 7.05 Å². The van der Waals surface area contributed by atoms with Gasteiger partial charge >= 0.3 is 0 Å². The molecule has 0 saturated carbocycles. The number of nitrogens with zero attached hydrogens (tertiary/aromatic N) is 5. The monoisotopic (exact) mass is 327 g/mol. The molecule has 3 aromatic heterocycles. The maximum absolute atomic E-state index is 5.76. The van der Waals surface area contributed by atoms with Crippen LogP contribution in [0.1, 0.15) is 41.7 Å². The summed E-state index contributed by atoms with van der Waals surface area (Å²) in [7, 11) is 2.00. The molecule has 1 aliphatic rings. The normalized spacial score (nSPS) is 18.5. The lowest BCUT2D eigenvalue weighted by Crippen LogP contribution is -2.23. The largest absolute Gasteiger partial charge is 0.459 e. The molecule has 0 aromatic carbocycles. The summed E-state index contributed by atoms with van der Waals surface area (Å²) in [4.78, 5) is 2.40. The fourth-order valence-electron chi connectivity index (χ4n) is 3.61. The summed E-state index contributed by atoms with van der Waals surface area (Å²) < 4.78 is 13.0. The minimum Gasteiger partial charge on any atom is -0.459 e. The molecule has 1 aliphatic heterocycles. The molecule has 3 aromatic rings. The third-order valence-electron chi connectivity index (χ3n) is 4.80. The van der Waals surface area contributed by atoms with Crippen LogP contribution >= 0.6 is 0 Å². The number of hydrogen-bond acceptors (Lipinski definition) is 6. The van der Waals surface area contributed by atoms with Gasteiger partial charge < -0.3 is 8.83 Å². The molecule has 0 spiro atoms. The summed E-state index contributed by atoms with van der Waals surface area (Å²) in [5.74, 6) is 1.65. The molecule has 1 fully saturated rings. The Kier molecular flexibility index (Phi) is 3.72. The van der Waals surface area contributed by atoms with Gasteiger partial charge in [-0.3, -0.25) is 9.58 Å². The summed E-state index contributed by atoms with van der Waals surface area (Å²) in [6.45, 7) is 5.89. The molecule has 0 aliphatic carbocycles. The average molecular weight is 327 g/mol. The first-order valence-electron chi connectivity index (χ1n) is 8.24. The maximum atomic E-state index is 5.76. The Morgan fingerprint density at radius 3 is 2.88 bits per heavy atom. The van der Waals surface area contributed by atoms with Gasteiger partial charge in [0.2, 0.25) is 5.89 Å². The molecule has 4 rings (SSSR count). The molecule has 0 amide bonds. The molecule has 0 unspecified atom stereocenters. The zero-order chi connectivity index (χ0) is 16.7. The zero-order valence-corrected chi connectivity index (χ0v) is 14.2. The first kappa shape index (κ1) is 15.1. The SMILES string of the molecule is Cc1nn(C)c(C)c1[C@H]1CCCN1Cc1nnc(-c2ccco2)o1. The molecular formula is C17H21N5O2. The molecule has 4 heterocycles. The predicted molar refractivity (Wildman–Crippen MR) is 87.1 cm³/mol. The highest BCUT2D eigenvalue weighted by Crippen LogP contribution is 2.36. The van der Waals surface area contributed by atoms with Crippen LogP contribution in [0.2, 0.25) is 0 Å². The smallest absolute Gasteiger partial charge is 0.283 e. The Morgan fingerprint density at radius 1 is 1.29 bits per heavy atom. The molecule has 1 saturated heterocycles. The summed E-state index contributed by atoms with van der Waals surface area (Å²) >= 11 is 0. The summed E-state index contributed by atoms with van der Waals surface area (Å²) in [5.41, 5.74) is 3.67. The van der Waals surface area contributed by atoms with Crippen LogP contribution < -0.4 is 0 Å². The fourth-order valence-corrected chi connectivity index (χ4v) is 3.61. The van der Waals surface area contributed by atoms with Crippen molar-refractivity contribution in [2.75, 3.05) is 6.54 Å². The lowest BCUT2D eigenvalue weighted by molar-refractivity contribution is 0.223. The third-order valence-corrected chi connectivity index (χ3v) is 4.80. The molecule has 24 heavy (non-hydrogen) atoms. The second-order valence-electron chi connectivity index (χ2n) is 6.31. The van der Waals surface area contributed by atoms with Crippen molar-refractivity contribution in [1.82, 2.24) is 24.9 Å². The van der Waals surface area contributed by atoms with Crippen LogP contribution in [-0.2, 0) is 13.6 Å². The van der Waals surface area contributed by atoms with E-state index < -0.39 is 0 Å². The van der Waals surface area contributed by atoms with E-state index in [4.69, 9.17) is 8.83 Å². The van der Waals surface area contributed by atoms with Crippen LogP contribution in [0.25, 0.3) is 11.7 Å². The second-order valence-corrected chi connectivity index (χ2v) is 6.31. The minimum atomic E-state index is 0.359. The number of hydrogen-bond donors (Lipinski definition) is 0. The van der Waals surface area contributed by atoms with Gasteiger partial charge in [0.25, 0.3) is 5.89 Å². The van der Waals surface area contributed by atoms with Gasteiger partial charge in [-0.05, 0) is 45.4 Å². The zero-order valence-electron chi connectivity index (χ0n) is 14.2. The Hall–Kier alpha value is -2.41. The van der Waals surface area contributed by atoms with E-state index in [1.165, 1.54) is 11.3 Å². The van der Waals surface area contributed by atoms with Gasteiger partial charge in [-0.1, -0.05) is 0 Å². The third kappa shape index (κ3) is 2.54. The average Bonchev–Trinajstić information content (AvgIpc) is 3.30. The first-order valence-corrected chi connectivity index (χ1v) is 8.24. The van der Waals surface area contributed by atoms with Crippen LogP contribution in [-0.4, -0.2) is 31.4 Å². The van der Waals surface area contributed by atoms with E-state index in [0.717, 1.165) is 25.1 Å². The predicted octanol–water partition coefficient (Wildman–Crippen LogP) is 3.02. The van der Waals surface area contributed by atoms with Crippen molar-refractivity contribution in [3.63, 3.8) is 0 Å². The van der Waals surface area contributed by atoms with Gasteiger partial charge in [0, 0.05) is 24.3 Å². The van der Waals surface area contributed by atoms with E-state index in [-0.39, 0.29) is 0 Å². The fraction of sp³-hybridized carbons (Fsp3) is 0.471. The van der Waals surface area contributed by atoms with Gasteiger partial charge in [-0.25, -0.2) is 0 Å². The summed E-state index contributed by atoms with van der Waals surface area (Å²) in [5, 5.41) is 12.8. The van der Waals surface area contributed by atoms with Crippen molar-refractivity contribution in [1.29, 1.82) is 0 Å². The van der Waals surface area contributed by atoms with Crippen molar-refractivity contribution < 1.29 is 8.83 Å². The summed E-state index contributed by atoms with van der Waals surface area (Å²) in [6.07, 6.45) is 3.90. The van der Waals surface area contributed by atoms with Crippen LogP contribution in [0.3, 0.4) is 0 Å². The summed E-state index contributed by atoms with van der Waals surface area (Å²) in [6, 6.07) is 3.99. The van der Waals surface area contributed by atoms with E-state index in [2.05, 4.69) is 34.0 Å². The Labute approximate surface area is 140 Å². The highest BCUT2D eigenvalue weighted by Gasteiger charge is 2.31. The number of furan rings is 1. The van der Waals surface area contributed by atoms with Crippen molar-refractivity contribution >= 4 is 0 Å². The van der Waals surface area contributed by atoms with Gasteiger partial charge in [0.15, 0.2) is 5.76 Å². The topological polar surface area (TPSA) is 73.1 Å². The highest BCUT2D eigenvalue weighted by molar-refractivity contribution is 5.42. The molecule has 0 N–H and O–H groups in total. The van der Waals surface area contributed by atoms with E-state index in [1.54, 1.807) is 6.26 Å². The number of aryl methyl sites for hydroxylation is 2. The first-order chi connectivity index (χ1) is 11.6. The Morgan fingerprint density at radius 2 is 2.17 bits per heavy atom. The molecule has 7 nitrogen and oxygen atoms in total. The van der Waals surface area contributed by atoms with Crippen molar-refractivity contribution in [3.05, 3.63) is 41.2 Å². The lowest BCUT2D eigenvalue weighted by Gasteiger charge is -2.23. The van der Waals surface area contributed by atoms with Crippen LogP contribution in [0, 0.1) is 13.8 Å². The van der Waals surface area contributed by atoms with Crippen LogP contribution in [0.4, 0.5) is 0 Å². The van der Waals surface area contributed by atoms with Crippen LogP contribution in [0.15, 0.2) is 27.2 Å². The van der Waals surface area contributed by atoms with E-state index in [9.17, 15) is 0 Å². The van der Waals surface area contributed by atoms with Gasteiger partial charge in [0.05, 0.1) is 18.5 Å².